The van der Waals surface area contributed by atoms with Gasteiger partial charge >= 0.3 is 0 Å². The summed E-state index contributed by atoms with van der Waals surface area (Å²) >= 11 is 0. The number of ketones is 1. The number of Topliss-reactive ketones (excluding diaryl/α,β-unsaturated/α-hetero) is 1. The molecule has 1 amide bonds. The fourth-order valence-corrected chi connectivity index (χ4v) is 3.62. The topological polar surface area (TPSA) is 70.1 Å². The zero-order chi connectivity index (χ0) is 22.5. The van der Waals surface area contributed by atoms with Gasteiger partial charge in [0.2, 0.25) is 0 Å². The quantitative estimate of drug-likeness (QED) is 0.398. The van der Waals surface area contributed by atoms with Gasteiger partial charge in [0.1, 0.15) is 11.5 Å². The number of carbonyl (C=O) groups is 2. The number of nitrogens with zero attached hydrogens (tertiary/aromatic N) is 2. The molecule has 0 saturated carbocycles. The Morgan fingerprint density at radius 3 is 2.48 bits per heavy atom. The highest BCUT2D eigenvalue weighted by Gasteiger charge is 2.45. The lowest BCUT2D eigenvalue weighted by molar-refractivity contribution is -0.140. The second-order valence-corrected chi connectivity index (χ2v) is 8.08. The average Bonchev–Trinajstić information content (AvgIpc) is 3.01. The number of likely N-dealkylation sites (N-methyl/N-ethyl adjacent to an activating group) is 1. The lowest BCUT2D eigenvalue weighted by Crippen LogP contribution is -2.35. The van der Waals surface area contributed by atoms with Crippen molar-refractivity contribution in [2.75, 3.05) is 33.8 Å². The maximum atomic E-state index is 13.0. The van der Waals surface area contributed by atoms with Gasteiger partial charge in [-0.3, -0.25) is 9.59 Å². The number of carbonyl (C=O) groups excluding carboxylic acids is 2. The highest BCUT2D eigenvalue weighted by molar-refractivity contribution is 6.46. The first-order valence-electron chi connectivity index (χ1n) is 10.6. The number of likely N-dealkylation sites (tertiary alicyclic amines) is 1. The van der Waals surface area contributed by atoms with Gasteiger partial charge in [0.05, 0.1) is 18.2 Å². The smallest absolute Gasteiger partial charge is 0.295 e. The van der Waals surface area contributed by atoms with Crippen molar-refractivity contribution >= 4 is 17.4 Å². The van der Waals surface area contributed by atoms with Crippen LogP contribution in [0.1, 0.15) is 36.1 Å². The number of aryl methyl sites for hydroxylation is 1. The summed E-state index contributed by atoms with van der Waals surface area (Å²) < 4.78 is 5.67. The minimum absolute atomic E-state index is 0.111. The van der Waals surface area contributed by atoms with E-state index in [1.165, 1.54) is 0 Å². The highest BCUT2D eigenvalue weighted by atomic mass is 16.5. The van der Waals surface area contributed by atoms with Crippen LogP contribution in [0.4, 0.5) is 0 Å². The van der Waals surface area contributed by atoms with Crippen LogP contribution in [-0.2, 0) is 9.59 Å². The minimum atomic E-state index is -0.665. The summed E-state index contributed by atoms with van der Waals surface area (Å²) in [4.78, 5) is 29.4. The van der Waals surface area contributed by atoms with Crippen LogP contribution in [0.2, 0.25) is 0 Å². The Hall–Kier alpha value is -3.12. The monoisotopic (exact) mass is 422 g/mol. The van der Waals surface area contributed by atoms with Crippen LogP contribution >= 0.6 is 0 Å². The zero-order valence-corrected chi connectivity index (χ0v) is 18.6. The first-order chi connectivity index (χ1) is 14.8. The lowest BCUT2D eigenvalue weighted by atomic mass is 9.94. The van der Waals surface area contributed by atoms with Crippen molar-refractivity contribution < 1.29 is 19.4 Å². The van der Waals surface area contributed by atoms with E-state index in [0.29, 0.717) is 31.0 Å². The molecule has 0 spiro atoms. The van der Waals surface area contributed by atoms with Crippen LogP contribution in [0.5, 0.6) is 5.75 Å². The molecule has 6 nitrogen and oxygen atoms in total. The number of aliphatic hydroxyl groups excluding tert-OH is 1. The van der Waals surface area contributed by atoms with Gasteiger partial charge in [-0.05, 0) is 45.1 Å². The van der Waals surface area contributed by atoms with Gasteiger partial charge in [-0.1, -0.05) is 48.9 Å². The van der Waals surface area contributed by atoms with Crippen LogP contribution in [0.25, 0.3) is 5.76 Å². The summed E-state index contributed by atoms with van der Waals surface area (Å²) in [5, 5.41) is 11.2. The van der Waals surface area contributed by atoms with Gasteiger partial charge in [0.25, 0.3) is 11.7 Å². The van der Waals surface area contributed by atoms with E-state index >= 15 is 0 Å². The van der Waals surface area contributed by atoms with Gasteiger partial charge in [0.15, 0.2) is 0 Å². The summed E-state index contributed by atoms with van der Waals surface area (Å²) in [6.07, 6.45) is 0.862. The first kappa shape index (κ1) is 22.6. The summed E-state index contributed by atoms with van der Waals surface area (Å²) in [6.45, 7) is 5.54. The Kier molecular flexibility index (Phi) is 7.13. The molecule has 0 aromatic heterocycles. The number of aliphatic hydroxyl groups is 1. The Bertz CT molecular complexity index is 979. The third-order valence-electron chi connectivity index (χ3n) is 5.30. The van der Waals surface area contributed by atoms with E-state index in [1.807, 2.05) is 57.1 Å². The fraction of sp³-hybridized carbons (Fsp3) is 0.360. The minimum Gasteiger partial charge on any atom is -0.507 e. The average molecular weight is 423 g/mol. The molecule has 1 N–H and O–H groups in total. The van der Waals surface area contributed by atoms with Crippen molar-refractivity contribution in [3.63, 3.8) is 0 Å². The van der Waals surface area contributed by atoms with Crippen LogP contribution in [-0.4, -0.2) is 60.4 Å². The predicted molar refractivity (Wildman–Crippen MR) is 121 cm³/mol. The number of hydrogen-bond acceptors (Lipinski definition) is 5. The van der Waals surface area contributed by atoms with Crippen LogP contribution in [0.15, 0.2) is 54.1 Å². The summed E-state index contributed by atoms with van der Waals surface area (Å²) in [5.41, 5.74) is 2.44. The molecule has 164 valence electrons. The molecule has 2 aromatic carbocycles. The Balaban J connectivity index is 2.09. The molecule has 1 atom stereocenters. The van der Waals surface area contributed by atoms with Crippen LogP contribution in [0.3, 0.4) is 0 Å². The Labute approximate surface area is 183 Å². The maximum absolute atomic E-state index is 13.0. The largest absolute Gasteiger partial charge is 0.507 e. The second-order valence-electron chi connectivity index (χ2n) is 8.08. The molecule has 1 heterocycles. The van der Waals surface area contributed by atoms with Gasteiger partial charge in [-0.15, -0.1) is 0 Å². The van der Waals surface area contributed by atoms with Crippen molar-refractivity contribution in [3.05, 3.63) is 70.8 Å². The predicted octanol–water partition coefficient (Wildman–Crippen LogP) is 3.77. The molecular weight excluding hydrogens is 392 g/mol. The van der Waals surface area contributed by atoms with Crippen molar-refractivity contribution in [2.24, 2.45) is 0 Å². The van der Waals surface area contributed by atoms with Gasteiger partial charge in [-0.25, -0.2) is 0 Å². The highest BCUT2D eigenvalue weighted by Crippen LogP contribution is 2.39. The normalized spacial score (nSPS) is 18.1. The van der Waals surface area contributed by atoms with Crippen molar-refractivity contribution in [2.45, 2.75) is 26.3 Å². The molecule has 1 aliphatic heterocycles. The van der Waals surface area contributed by atoms with E-state index in [4.69, 9.17) is 4.74 Å². The summed E-state index contributed by atoms with van der Waals surface area (Å²) in [5.74, 6) is -0.827. The number of benzene rings is 2. The molecule has 1 aliphatic rings. The van der Waals surface area contributed by atoms with E-state index < -0.39 is 17.7 Å². The second kappa shape index (κ2) is 9.79. The van der Waals surface area contributed by atoms with Crippen LogP contribution < -0.4 is 4.74 Å². The molecule has 0 bridgehead atoms. The number of rotatable bonds is 8. The molecule has 1 saturated heterocycles. The van der Waals surface area contributed by atoms with Crippen molar-refractivity contribution in [3.8, 4) is 5.75 Å². The van der Waals surface area contributed by atoms with E-state index in [1.54, 1.807) is 29.2 Å². The maximum Gasteiger partial charge on any atom is 0.295 e. The number of ether oxygens (including phenoxy) is 1. The van der Waals surface area contributed by atoms with Gasteiger partial charge < -0.3 is 19.6 Å². The molecule has 6 heteroatoms. The van der Waals surface area contributed by atoms with Crippen LogP contribution in [0, 0.1) is 6.92 Å². The fourth-order valence-electron chi connectivity index (χ4n) is 3.62. The van der Waals surface area contributed by atoms with Crippen molar-refractivity contribution in [1.29, 1.82) is 0 Å². The van der Waals surface area contributed by atoms with E-state index in [0.717, 1.165) is 17.5 Å². The lowest BCUT2D eigenvalue weighted by Gasteiger charge is -2.26. The third kappa shape index (κ3) is 4.97. The van der Waals surface area contributed by atoms with Gasteiger partial charge in [-0.2, -0.15) is 0 Å². The molecule has 3 rings (SSSR count). The standard InChI is InChI=1S/C25H30N2O4/c1-5-15-31-20-8-6-7-19(16-20)23(28)21-22(18-11-9-17(2)10-12-18)27(14-13-26(3)4)25(30)24(21)29/h6-12,16,22,28H,5,13-15H2,1-4H3/b23-21+. The summed E-state index contributed by atoms with van der Waals surface area (Å²) in [7, 11) is 3.83. The number of amides is 1. The molecule has 31 heavy (non-hydrogen) atoms. The molecule has 1 fully saturated rings. The Morgan fingerprint density at radius 2 is 1.84 bits per heavy atom. The SMILES string of the molecule is CCCOc1cccc(/C(O)=C2\C(=O)C(=O)N(CCN(C)C)C2c2ccc(C)cc2)c1. The molecular formula is C25H30N2O4. The molecule has 1 unspecified atom stereocenters. The number of hydrogen-bond donors (Lipinski definition) is 1. The van der Waals surface area contributed by atoms with Crippen molar-refractivity contribution in [1.82, 2.24) is 9.80 Å². The zero-order valence-electron chi connectivity index (χ0n) is 18.6. The van der Waals surface area contributed by atoms with E-state index in [9.17, 15) is 14.7 Å². The summed E-state index contributed by atoms with van der Waals surface area (Å²) in [6, 6.07) is 14.0. The third-order valence-corrected chi connectivity index (χ3v) is 5.30. The molecule has 2 aromatic rings. The Morgan fingerprint density at radius 1 is 1.13 bits per heavy atom. The van der Waals surface area contributed by atoms with Gasteiger partial charge in [0, 0.05) is 18.7 Å². The first-order valence-corrected chi connectivity index (χ1v) is 10.6. The molecule has 0 aliphatic carbocycles. The van der Waals surface area contributed by atoms with E-state index in [-0.39, 0.29) is 11.3 Å². The molecule has 0 radical (unpaired) electrons. The van der Waals surface area contributed by atoms with E-state index in [2.05, 4.69) is 0 Å².